The fourth-order valence-corrected chi connectivity index (χ4v) is 6.08. The van der Waals surface area contributed by atoms with Gasteiger partial charge in [0, 0.05) is 18.4 Å². The van der Waals surface area contributed by atoms with Crippen molar-refractivity contribution in [3.8, 4) is 0 Å². The number of oxime groups is 1. The molecule has 1 aromatic carbocycles. The van der Waals surface area contributed by atoms with E-state index in [-0.39, 0.29) is 0 Å². The molecule has 0 N–H and O–H groups in total. The fraction of sp³-hybridized carbons (Fsp3) is 0.696. The van der Waals surface area contributed by atoms with Crippen LogP contribution in [0.1, 0.15) is 45.1 Å². The van der Waals surface area contributed by atoms with Crippen LogP contribution in [0.3, 0.4) is 0 Å². The highest BCUT2D eigenvalue weighted by Gasteiger charge is 2.57. The van der Waals surface area contributed by atoms with E-state index in [2.05, 4.69) is 49.1 Å². The number of likely N-dealkylation sites (N-methyl/N-ethyl adjacent to an activating group) is 1. The summed E-state index contributed by atoms with van der Waals surface area (Å²) in [5, 5.41) is 4.77. The van der Waals surface area contributed by atoms with Crippen LogP contribution in [0.2, 0.25) is 0 Å². The Bertz CT molecular complexity index is 610. The Kier molecular flexibility index (Phi) is 5.63. The lowest BCUT2D eigenvalue weighted by Crippen LogP contribution is -2.34. The summed E-state index contributed by atoms with van der Waals surface area (Å²) in [4.78, 5) is 8.27. The van der Waals surface area contributed by atoms with Crippen LogP contribution < -0.4 is 0 Å². The van der Waals surface area contributed by atoms with E-state index in [4.69, 9.17) is 9.99 Å². The Balaban J connectivity index is 1.46. The van der Waals surface area contributed by atoms with Gasteiger partial charge in [-0.1, -0.05) is 55.8 Å². The van der Waals surface area contributed by atoms with Gasteiger partial charge in [-0.3, -0.25) is 0 Å². The van der Waals surface area contributed by atoms with Crippen molar-refractivity contribution in [3.63, 3.8) is 0 Å². The topological polar surface area (TPSA) is 24.8 Å². The first-order valence-corrected chi connectivity index (χ1v) is 10.8. The summed E-state index contributed by atoms with van der Waals surface area (Å²) < 4.78 is 0. The minimum Gasteiger partial charge on any atom is -0.394 e. The van der Waals surface area contributed by atoms with Crippen LogP contribution in [0, 0.1) is 29.6 Å². The number of benzene rings is 1. The summed E-state index contributed by atoms with van der Waals surface area (Å²) >= 11 is 0. The van der Waals surface area contributed by atoms with Crippen LogP contribution in [-0.2, 0) is 11.3 Å². The third kappa shape index (κ3) is 3.43. The number of nitrogens with zero attached hydrogens (tertiary/aromatic N) is 2. The summed E-state index contributed by atoms with van der Waals surface area (Å²) in [6.07, 6.45) is 6.81. The Morgan fingerprint density at radius 2 is 1.81 bits per heavy atom. The molecular formula is C23H34N2O. The second-order valence-electron chi connectivity index (χ2n) is 8.44. The molecule has 0 unspecified atom stereocenters. The Morgan fingerprint density at radius 3 is 2.58 bits per heavy atom. The maximum Gasteiger partial charge on any atom is 0.129 e. The summed E-state index contributed by atoms with van der Waals surface area (Å²) in [5.41, 5.74) is 2.86. The van der Waals surface area contributed by atoms with Crippen molar-refractivity contribution >= 4 is 5.71 Å². The molecule has 3 fully saturated rings. The van der Waals surface area contributed by atoms with Crippen molar-refractivity contribution < 1.29 is 4.84 Å². The zero-order chi connectivity index (χ0) is 17.9. The lowest BCUT2D eigenvalue weighted by Gasteiger charge is -2.32. The largest absolute Gasteiger partial charge is 0.394 e. The van der Waals surface area contributed by atoms with Gasteiger partial charge in [-0.25, -0.2) is 0 Å². The number of hydrogen-bond acceptors (Lipinski definition) is 3. The minimum absolute atomic E-state index is 0.607. The van der Waals surface area contributed by atoms with Crippen LogP contribution in [0.4, 0.5) is 0 Å². The van der Waals surface area contributed by atoms with E-state index < -0.39 is 0 Å². The first kappa shape index (κ1) is 18.0. The van der Waals surface area contributed by atoms with Crippen molar-refractivity contribution in [2.24, 2.45) is 34.7 Å². The minimum atomic E-state index is 0.607. The Hall–Kier alpha value is -1.35. The smallest absolute Gasteiger partial charge is 0.129 e. The molecule has 0 saturated heterocycles. The maximum atomic E-state index is 5.87. The van der Waals surface area contributed by atoms with Gasteiger partial charge in [-0.2, -0.15) is 0 Å². The van der Waals surface area contributed by atoms with Gasteiger partial charge >= 0.3 is 0 Å². The molecule has 5 atom stereocenters. The van der Waals surface area contributed by atoms with Crippen LogP contribution >= 0.6 is 0 Å². The molecule has 0 spiro atoms. The van der Waals surface area contributed by atoms with Gasteiger partial charge in [-0.15, -0.1) is 0 Å². The van der Waals surface area contributed by atoms with E-state index in [1.807, 2.05) is 0 Å². The Morgan fingerprint density at radius 1 is 1.04 bits per heavy atom. The van der Waals surface area contributed by atoms with E-state index in [9.17, 15) is 0 Å². The predicted octanol–water partition coefficient (Wildman–Crippen LogP) is 4.63. The zero-order valence-corrected chi connectivity index (χ0v) is 16.4. The van der Waals surface area contributed by atoms with Crippen molar-refractivity contribution in [3.05, 3.63) is 35.9 Å². The molecule has 0 heterocycles. The van der Waals surface area contributed by atoms with E-state index >= 15 is 0 Å². The normalized spacial score (nSPS) is 34.0. The molecular weight excluding hydrogens is 320 g/mol. The van der Waals surface area contributed by atoms with E-state index in [1.165, 1.54) is 37.0 Å². The van der Waals surface area contributed by atoms with Crippen LogP contribution in [0.15, 0.2) is 35.5 Å². The van der Waals surface area contributed by atoms with E-state index in [0.29, 0.717) is 18.4 Å². The number of hydrogen-bond donors (Lipinski definition) is 0. The molecule has 3 saturated carbocycles. The molecule has 0 radical (unpaired) electrons. The average Bonchev–Trinajstić information content (AvgIpc) is 3.36. The van der Waals surface area contributed by atoms with Gasteiger partial charge in [0.1, 0.15) is 6.61 Å². The van der Waals surface area contributed by atoms with Crippen LogP contribution in [-0.4, -0.2) is 36.9 Å². The number of rotatable bonds is 8. The summed E-state index contributed by atoms with van der Waals surface area (Å²) in [6.45, 7) is 8.29. The van der Waals surface area contributed by atoms with Gasteiger partial charge < -0.3 is 9.74 Å². The van der Waals surface area contributed by atoms with Crippen molar-refractivity contribution in [2.45, 2.75) is 46.0 Å². The lowest BCUT2D eigenvalue weighted by molar-refractivity contribution is 0.110. The van der Waals surface area contributed by atoms with Gasteiger partial charge in [0.25, 0.3) is 0 Å². The SMILES string of the molecule is CCN(CC)CCO/N=C1/[C@H]2C[C@H]([C@@H]3CCC[C@@H]32)[C@H]1Cc1ccccc1. The van der Waals surface area contributed by atoms with Crippen molar-refractivity contribution in [2.75, 3.05) is 26.2 Å². The second kappa shape index (κ2) is 8.12. The van der Waals surface area contributed by atoms with Gasteiger partial charge in [0.15, 0.2) is 0 Å². The monoisotopic (exact) mass is 354 g/mol. The molecule has 0 amide bonds. The first-order valence-electron chi connectivity index (χ1n) is 10.8. The molecule has 0 aromatic heterocycles. The third-order valence-corrected chi connectivity index (χ3v) is 7.36. The fourth-order valence-electron chi connectivity index (χ4n) is 6.08. The molecule has 4 rings (SSSR count). The Labute approximate surface area is 158 Å². The van der Waals surface area contributed by atoms with Gasteiger partial charge in [0.2, 0.25) is 0 Å². The van der Waals surface area contributed by atoms with Crippen LogP contribution in [0.5, 0.6) is 0 Å². The summed E-state index contributed by atoms with van der Waals surface area (Å²) in [6, 6.07) is 11.0. The first-order chi connectivity index (χ1) is 12.8. The standard InChI is InChI=1S/C23H34N2O/c1-3-25(4-2)13-14-26-24-23-21(15-17-9-6-5-7-10-17)20-16-22(23)19-12-8-11-18(19)20/h5-7,9-10,18-22H,3-4,8,11-16H2,1-2H3/b24-23+/t18-,19+,20-,21-,22+/m1/s1. The second-order valence-corrected chi connectivity index (χ2v) is 8.44. The lowest BCUT2D eigenvalue weighted by atomic mass is 9.72. The highest BCUT2D eigenvalue weighted by molar-refractivity contribution is 5.92. The quantitative estimate of drug-likeness (QED) is 0.502. The van der Waals surface area contributed by atoms with E-state index in [1.54, 1.807) is 0 Å². The molecule has 2 bridgehead atoms. The van der Waals surface area contributed by atoms with Gasteiger partial charge in [0.05, 0.1) is 5.71 Å². The molecule has 142 valence electrons. The third-order valence-electron chi connectivity index (χ3n) is 7.36. The van der Waals surface area contributed by atoms with Crippen molar-refractivity contribution in [1.82, 2.24) is 4.90 Å². The predicted molar refractivity (Wildman–Crippen MR) is 107 cm³/mol. The molecule has 3 heteroatoms. The zero-order valence-electron chi connectivity index (χ0n) is 16.4. The highest BCUT2D eigenvalue weighted by atomic mass is 16.6. The summed E-state index contributed by atoms with van der Waals surface area (Å²) in [7, 11) is 0. The van der Waals surface area contributed by atoms with Gasteiger partial charge in [-0.05, 0) is 62.1 Å². The number of fused-ring (bicyclic) bond motifs is 5. The molecule has 3 aliphatic carbocycles. The molecule has 0 aliphatic heterocycles. The molecule has 26 heavy (non-hydrogen) atoms. The van der Waals surface area contributed by atoms with Crippen LogP contribution in [0.25, 0.3) is 0 Å². The molecule has 3 aliphatic rings. The molecule has 1 aromatic rings. The maximum absolute atomic E-state index is 5.87. The molecule has 3 nitrogen and oxygen atoms in total. The van der Waals surface area contributed by atoms with E-state index in [0.717, 1.165) is 43.8 Å². The average molecular weight is 355 g/mol. The highest BCUT2D eigenvalue weighted by Crippen LogP contribution is 2.60. The van der Waals surface area contributed by atoms with Crippen molar-refractivity contribution in [1.29, 1.82) is 0 Å². The summed E-state index contributed by atoms with van der Waals surface area (Å²) in [5.74, 6) is 4.02.